The van der Waals surface area contributed by atoms with E-state index in [1.807, 2.05) is 61.0 Å². The van der Waals surface area contributed by atoms with E-state index in [4.69, 9.17) is 5.73 Å². The SMILES string of the molecule is Cc1ccc(C(N)c2cncn2Cc2cc(=O)n(-c3ccc(C)cc3)cc2C)cc1. The maximum absolute atomic E-state index is 12.8. The molecule has 0 aliphatic heterocycles. The van der Waals surface area contributed by atoms with Crippen LogP contribution in [-0.2, 0) is 6.54 Å². The number of aromatic nitrogens is 3. The molecule has 0 amide bonds. The molecule has 4 aromatic rings. The van der Waals surface area contributed by atoms with Gasteiger partial charge in [0.1, 0.15) is 0 Å². The van der Waals surface area contributed by atoms with Crippen LogP contribution in [0.4, 0.5) is 0 Å². The second-order valence-corrected chi connectivity index (χ2v) is 7.86. The molecule has 0 aliphatic carbocycles. The average Bonchev–Trinajstić information content (AvgIpc) is 3.19. The molecule has 5 heteroatoms. The molecule has 0 spiro atoms. The van der Waals surface area contributed by atoms with Crippen molar-refractivity contribution in [1.29, 1.82) is 0 Å². The zero-order valence-electron chi connectivity index (χ0n) is 17.5. The van der Waals surface area contributed by atoms with Crippen LogP contribution in [0.25, 0.3) is 5.69 Å². The Bertz CT molecular complexity index is 1220. The topological polar surface area (TPSA) is 65.8 Å². The van der Waals surface area contributed by atoms with Gasteiger partial charge in [0.2, 0.25) is 0 Å². The second kappa shape index (κ2) is 8.13. The molecule has 5 nitrogen and oxygen atoms in total. The molecule has 30 heavy (non-hydrogen) atoms. The zero-order valence-corrected chi connectivity index (χ0v) is 17.5. The number of pyridine rings is 1. The fraction of sp³-hybridized carbons (Fsp3) is 0.200. The van der Waals surface area contributed by atoms with Gasteiger partial charge in [0, 0.05) is 24.5 Å². The van der Waals surface area contributed by atoms with Crippen molar-refractivity contribution in [2.24, 2.45) is 5.73 Å². The van der Waals surface area contributed by atoms with Crippen LogP contribution < -0.4 is 11.3 Å². The largest absolute Gasteiger partial charge is 0.328 e. The summed E-state index contributed by atoms with van der Waals surface area (Å²) in [5.74, 6) is 0. The highest BCUT2D eigenvalue weighted by molar-refractivity contribution is 5.37. The molecular formula is C25H26N4O. The highest BCUT2D eigenvalue weighted by Crippen LogP contribution is 2.21. The van der Waals surface area contributed by atoms with Gasteiger partial charge >= 0.3 is 0 Å². The van der Waals surface area contributed by atoms with Crippen LogP contribution in [0.1, 0.15) is 39.6 Å². The summed E-state index contributed by atoms with van der Waals surface area (Å²) in [5.41, 5.74) is 13.6. The van der Waals surface area contributed by atoms with Crippen molar-refractivity contribution < 1.29 is 0 Å². The highest BCUT2D eigenvalue weighted by Gasteiger charge is 2.15. The third-order valence-electron chi connectivity index (χ3n) is 5.52. The number of aryl methyl sites for hydroxylation is 3. The van der Waals surface area contributed by atoms with Gasteiger partial charge in [-0.2, -0.15) is 0 Å². The van der Waals surface area contributed by atoms with Crippen LogP contribution in [-0.4, -0.2) is 14.1 Å². The van der Waals surface area contributed by atoms with Crippen molar-refractivity contribution in [3.05, 3.63) is 117 Å². The molecular weight excluding hydrogens is 372 g/mol. The molecule has 0 fully saturated rings. The Morgan fingerprint density at radius 3 is 2.27 bits per heavy atom. The van der Waals surface area contributed by atoms with E-state index in [2.05, 4.69) is 24.0 Å². The summed E-state index contributed by atoms with van der Waals surface area (Å²) in [6.07, 6.45) is 5.47. The molecule has 152 valence electrons. The van der Waals surface area contributed by atoms with Gasteiger partial charge in [0.15, 0.2) is 0 Å². The van der Waals surface area contributed by atoms with Crippen molar-refractivity contribution in [2.75, 3.05) is 0 Å². The molecule has 1 unspecified atom stereocenters. The highest BCUT2D eigenvalue weighted by atomic mass is 16.1. The minimum Gasteiger partial charge on any atom is -0.328 e. The molecule has 0 bridgehead atoms. The first-order valence-corrected chi connectivity index (χ1v) is 10.0. The Morgan fingerprint density at radius 1 is 0.967 bits per heavy atom. The van der Waals surface area contributed by atoms with Crippen molar-refractivity contribution >= 4 is 0 Å². The van der Waals surface area contributed by atoms with E-state index in [0.717, 1.165) is 33.6 Å². The van der Waals surface area contributed by atoms with Gasteiger partial charge in [-0.1, -0.05) is 47.5 Å². The lowest BCUT2D eigenvalue weighted by Gasteiger charge is -2.17. The Labute approximate surface area is 176 Å². The predicted molar refractivity (Wildman–Crippen MR) is 120 cm³/mol. The summed E-state index contributed by atoms with van der Waals surface area (Å²) in [6.45, 7) is 6.66. The molecule has 1 atom stereocenters. The summed E-state index contributed by atoms with van der Waals surface area (Å²) in [4.78, 5) is 17.1. The Kier molecular flexibility index (Phi) is 5.38. The molecule has 0 saturated heterocycles. The van der Waals surface area contributed by atoms with Gasteiger partial charge in [0.05, 0.1) is 24.3 Å². The lowest BCUT2D eigenvalue weighted by atomic mass is 10.0. The Morgan fingerprint density at radius 2 is 1.60 bits per heavy atom. The summed E-state index contributed by atoms with van der Waals surface area (Å²) >= 11 is 0. The van der Waals surface area contributed by atoms with Crippen molar-refractivity contribution in [3.8, 4) is 5.69 Å². The van der Waals surface area contributed by atoms with Crippen LogP contribution in [0.5, 0.6) is 0 Å². The summed E-state index contributed by atoms with van der Waals surface area (Å²) in [7, 11) is 0. The van der Waals surface area contributed by atoms with E-state index in [9.17, 15) is 4.79 Å². The second-order valence-electron chi connectivity index (χ2n) is 7.86. The number of hydrogen-bond acceptors (Lipinski definition) is 3. The number of imidazole rings is 1. The number of hydrogen-bond donors (Lipinski definition) is 1. The molecule has 2 heterocycles. The number of nitrogens with zero attached hydrogens (tertiary/aromatic N) is 3. The van der Waals surface area contributed by atoms with Crippen LogP contribution >= 0.6 is 0 Å². The number of nitrogens with two attached hydrogens (primary N) is 1. The van der Waals surface area contributed by atoms with E-state index in [1.165, 1.54) is 5.56 Å². The normalized spacial score (nSPS) is 12.1. The maximum atomic E-state index is 12.8. The third kappa shape index (κ3) is 3.98. The lowest BCUT2D eigenvalue weighted by Crippen LogP contribution is -2.21. The summed E-state index contributed by atoms with van der Waals surface area (Å²) < 4.78 is 3.70. The van der Waals surface area contributed by atoms with E-state index in [-0.39, 0.29) is 11.6 Å². The van der Waals surface area contributed by atoms with Crippen LogP contribution in [0.15, 0.2) is 78.1 Å². The van der Waals surface area contributed by atoms with Crippen LogP contribution in [0.3, 0.4) is 0 Å². The van der Waals surface area contributed by atoms with Crippen LogP contribution in [0.2, 0.25) is 0 Å². The van der Waals surface area contributed by atoms with E-state index in [0.29, 0.717) is 6.54 Å². The van der Waals surface area contributed by atoms with Crippen molar-refractivity contribution in [3.63, 3.8) is 0 Å². The minimum atomic E-state index is -0.277. The fourth-order valence-corrected chi connectivity index (χ4v) is 3.60. The monoisotopic (exact) mass is 398 g/mol. The standard InChI is InChI=1S/C25H26N4O/c1-17-4-8-20(9-5-17)25(26)23-13-27-16-28(23)15-21-12-24(30)29(14-19(21)3)22-10-6-18(2)7-11-22/h4-14,16,25H,15,26H2,1-3H3. The summed E-state index contributed by atoms with van der Waals surface area (Å²) in [5, 5.41) is 0. The molecule has 2 aromatic carbocycles. The van der Waals surface area contributed by atoms with Crippen molar-refractivity contribution in [2.45, 2.75) is 33.4 Å². The zero-order chi connectivity index (χ0) is 21.3. The summed E-state index contributed by atoms with van der Waals surface area (Å²) in [6, 6.07) is 17.6. The molecule has 4 rings (SSSR count). The van der Waals surface area contributed by atoms with Gasteiger partial charge in [-0.15, -0.1) is 0 Å². The first-order chi connectivity index (χ1) is 14.4. The van der Waals surface area contributed by atoms with Gasteiger partial charge in [0.25, 0.3) is 5.56 Å². The molecule has 2 aromatic heterocycles. The molecule has 0 aliphatic rings. The first kappa shape index (κ1) is 19.9. The Balaban J connectivity index is 1.63. The maximum Gasteiger partial charge on any atom is 0.255 e. The Hall–Kier alpha value is -3.44. The van der Waals surface area contributed by atoms with Crippen LogP contribution in [0, 0.1) is 20.8 Å². The third-order valence-corrected chi connectivity index (χ3v) is 5.52. The van der Waals surface area contributed by atoms with E-state index < -0.39 is 0 Å². The minimum absolute atomic E-state index is 0.0519. The predicted octanol–water partition coefficient (Wildman–Crippen LogP) is 4.06. The van der Waals surface area contributed by atoms with Gasteiger partial charge < -0.3 is 10.3 Å². The quantitative estimate of drug-likeness (QED) is 0.551. The molecule has 2 N–H and O–H groups in total. The smallest absolute Gasteiger partial charge is 0.255 e. The van der Waals surface area contributed by atoms with Gasteiger partial charge in [-0.05, 0) is 49.6 Å². The average molecular weight is 399 g/mol. The molecule has 0 saturated carbocycles. The van der Waals surface area contributed by atoms with Gasteiger partial charge in [-0.25, -0.2) is 4.98 Å². The van der Waals surface area contributed by atoms with Gasteiger partial charge in [-0.3, -0.25) is 9.36 Å². The lowest BCUT2D eigenvalue weighted by molar-refractivity contribution is 0.691. The fourth-order valence-electron chi connectivity index (χ4n) is 3.60. The first-order valence-electron chi connectivity index (χ1n) is 10.0. The van der Waals surface area contributed by atoms with E-state index in [1.54, 1.807) is 23.2 Å². The van der Waals surface area contributed by atoms with Crippen molar-refractivity contribution in [1.82, 2.24) is 14.1 Å². The number of rotatable bonds is 5. The molecule has 0 radical (unpaired) electrons. The number of benzene rings is 2. The van der Waals surface area contributed by atoms with E-state index >= 15 is 0 Å².